The molecule has 3 heteroatoms. The van der Waals surface area contributed by atoms with Gasteiger partial charge in [-0.3, -0.25) is 4.79 Å². The summed E-state index contributed by atoms with van der Waals surface area (Å²) in [5.41, 5.74) is -0.201. The van der Waals surface area contributed by atoms with Gasteiger partial charge in [-0.25, -0.2) is 0 Å². The summed E-state index contributed by atoms with van der Waals surface area (Å²) in [5.74, 6) is 2.99. The molecule has 7 rings (SSSR count). The fraction of sp³-hybridized carbons (Fsp3) is 0.321. The minimum absolute atomic E-state index is 0.0160. The molecule has 3 aromatic rings. The van der Waals surface area contributed by atoms with Crippen molar-refractivity contribution in [2.75, 3.05) is 0 Å². The van der Waals surface area contributed by atoms with E-state index in [1.165, 1.54) is 27.5 Å². The summed E-state index contributed by atoms with van der Waals surface area (Å²) in [5, 5.41) is 0. The topological polar surface area (TPSA) is 26.3 Å². The van der Waals surface area contributed by atoms with Crippen LogP contribution in [0.1, 0.15) is 32.1 Å². The second-order valence-electron chi connectivity index (χ2n) is 9.54. The van der Waals surface area contributed by atoms with E-state index in [2.05, 4.69) is 72.8 Å². The molecule has 3 aromatic carbocycles. The van der Waals surface area contributed by atoms with Gasteiger partial charge in [-0.1, -0.05) is 36.4 Å². The Morgan fingerprint density at radius 1 is 0.710 bits per heavy atom. The Labute approximate surface area is 187 Å². The summed E-state index contributed by atoms with van der Waals surface area (Å²) >= 11 is 0. The van der Waals surface area contributed by atoms with Gasteiger partial charge >= 0.3 is 5.97 Å². The molecule has 4 fully saturated rings. The van der Waals surface area contributed by atoms with Crippen LogP contribution in [0, 0.1) is 23.2 Å². The highest BCUT2D eigenvalue weighted by molar-refractivity contribution is 7.97. The lowest BCUT2D eigenvalue weighted by Gasteiger charge is -2.35. The summed E-state index contributed by atoms with van der Waals surface area (Å²) in [7, 11) is -0.183. The van der Waals surface area contributed by atoms with Crippen molar-refractivity contribution in [2.24, 2.45) is 23.2 Å². The van der Waals surface area contributed by atoms with Crippen LogP contribution in [0.25, 0.3) is 0 Å². The highest BCUT2D eigenvalue weighted by Gasteiger charge is 2.60. The van der Waals surface area contributed by atoms with Crippen molar-refractivity contribution in [2.45, 2.75) is 46.8 Å². The maximum Gasteiger partial charge on any atom is 0.317 e. The van der Waals surface area contributed by atoms with Gasteiger partial charge in [0.2, 0.25) is 0 Å². The van der Waals surface area contributed by atoms with Crippen LogP contribution in [-0.2, 0) is 15.7 Å². The van der Waals surface area contributed by atoms with E-state index < -0.39 is 0 Å². The molecular weight excluding hydrogens is 400 g/mol. The molecule has 4 aliphatic rings. The van der Waals surface area contributed by atoms with Crippen LogP contribution in [0.15, 0.2) is 99.6 Å². The summed E-state index contributed by atoms with van der Waals surface area (Å²) in [6, 6.07) is 29.4. The molecule has 4 saturated carbocycles. The van der Waals surface area contributed by atoms with Gasteiger partial charge in [-0.15, -0.1) is 0 Å². The first-order chi connectivity index (χ1) is 15.2. The van der Waals surface area contributed by atoms with Crippen LogP contribution >= 0.6 is 0 Å². The zero-order valence-electron chi connectivity index (χ0n) is 17.6. The van der Waals surface area contributed by atoms with Crippen LogP contribution in [0.4, 0.5) is 0 Å². The zero-order valence-corrected chi connectivity index (χ0v) is 18.4. The van der Waals surface area contributed by atoms with E-state index in [1.807, 2.05) is 12.1 Å². The average molecular weight is 428 g/mol. The molecule has 4 bridgehead atoms. The Kier molecular flexibility index (Phi) is 4.68. The third kappa shape index (κ3) is 3.40. The highest BCUT2D eigenvalue weighted by atomic mass is 32.2. The standard InChI is InChI=1S/C28H27O2S/c29-27(28-17-20-15-21(18-28)22(16-20)19-28)30-23-11-13-26(14-12-23)31(24-7-3-1-4-8-24)25-9-5-2-6-10-25/h1-14,20-22H,15-19H2/q+1. The van der Waals surface area contributed by atoms with Crippen LogP contribution in [0.2, 0.25) is 0 Å². The van der Waals surface area contributed by atoms with Gasteiger partial charge in [-0.05, 0) is 98.4 Å². The quantitative estimate of drug-likeness (QED) is 0.263. The van der Waals surface area contributed by atoms with Crippen molar-refractivity contribution in [3.8, 4) is 5.75 Å². The lowest BCUT2D eigenvalue weighted by atomic mass is 9.69. The average Bonchev–Trinajstić information content (AvgIpc) is 3.23. The minimum atomic E-state index is -0.201. The number of carbonyl (C=O) groups is 1. The number of rotatable bonds is 5. The van der Waals surface area contributed by atoms with Gasteiger partial charge < -0.3 is 4.74 Å². The smallest absolute Gasteiger partial charge is 0.317 e. The van der Waals surface area contributed by atoms with Crippen LogP contribution in [0.5, 0.6) is 5.75 Å². The van der Waals surface area contributed by atoms with Gasteiger partial charge in [-0.2, -0.15) is 0 Å². The van der Waals surface area contributed by atoms with Crippen LogP contribution in [0.3, 0.4) is 0 Å². The molecule has 2 unspecified atom stereocenters. The number of hydrogen-bond donors (Lipinski definition) is 0. The van der Waals surface area contributed by atoms with E-state index in [1.54, 1.807) is 0 Å². The van der Waals surface area contributed by atoms with Crippen LogP contribution < -0.4 is 4.74 Å². The van der Waals surface area contributed by atoms with E-state index in [9.17, 15) is 4.79 Å². The number of esters is 1. The first-order valence-corrected chi connectivity index (χ1v) is 12.6. The predicted molar refractivity (Wildman–Crippen MR) is 123 cm³/mol. The Bertz CT molecular complexity index is 1020. The molecule has 0 aromatic heterocycles. The second kappa shape index (κ2) is 7.56. The maximum absolute atomic E-state index is 13.2. The fourth-order valence-corrected chi connectivity index (χ4v) is 8.52. The van der Waals surface area contributed by atoms with E-state index in [-0.39, 0.29) is 22.3 Å². The second-order valence-corrected chi connectivity index (χ2v) is 11.6. The Balaban J connectivity index is 1.24. The first kappa shape index (κ1) is 19.2. The summed E-state index contributed by atoms with van der Waals surface area (Å²) in [4.78, 5) is 17.0. The molecular formula is C28H27O2S+. The third-order valence-corrected chi connectivity index (χ3v) is 9.82. The molecule has 0 N–H and O–H groups in total. The Hall–Kier alpha value is -2.52. The maximum atomic E-state index is 13.2. The van der Waals surface area contributed by atoms with Gasteiger partial charge in [0.05, 0.1) is 16.3 Å². The molecule has 0 aliphatic heterocycles. The van der Waals surface area contributed by atoms with Crippen molar-refractivity contribution in [1.82, 2.24) is 0 Å². The molecule has 31 heavy (non-hydrogen) atoms. The molecule has 2 nitrogen and oxygen atoms in total. The lowest BCUT2D eigenvalue weighted by molar-refractivity contribution is -0.148. The normalized spacial score (nSPS) is 28.2. The fourth-order valence-electron chi connectivity index (χ4n) is 6.44. The molecule has 0 radical (unpaired) electrons. The summed E-state index contributed by atoms with van der Waals surface area (Å²) < 4.78 is 5.95. The number of carbonyl (C=O) groups excluding carboxylic acids is 1. The minimum Gasteiger partial charge on any atom is -0.426 e. The molecule has 2 atom stereocenters. The van der Waals surface area contributed by atoms with E-state index in [0.29, 0.717) is 5.75 Å². The first-order valence-electron chi connectivity index (χ1n) is 11.4. The molecule has 0 saturated heterocycles. The van der Waals surface area contributed by atoms with Crippen molar-refractivity contribution in [3.05, 3.63) is 84.9 Å². The van der Waals surface area contributed by atoms with Crippen molar-refractivity contribution < 1.29 is 9.53 Å². The molecule has 4 aliphatic carbocycles. The van der Waals surface area contributed by atoms with E-state index >= 15 is 0 Å². The van der Waals surface area contributed by atoms with Crippen LogP contribution in [-0.4, -0.2) is 5.97 Å². The Morgan fingerprint density at radius 2 is 1.23 bits per heavy atom. The van der Waals surface area contributed by atoms with Gasteiger partial charge in [0.25, 0.3) is 0 Å². The monoisotopic (exact) mass is 427 g/mol. The Morgan fingerprint density at radius 3 is 1.74 bits per heavy atom. The number of benzene rings is 3. The lowest BCUT2D eigenvalue weighted by Crippen LogP contribution is -2.38. The van der Waals surface area contributed by atoms with Gasteiger partial charge in [0, 0.05) is 0 Å². The molecule has 0 spiro atoms. The predicted octanol–water partition coefficient (Wildman–Crippen LogP) is 6.51. The molecule has 156 valence electrons. The third-order valence-electron chi connectivity index (χ3n) is 7.58. The molecule has 0 heterocycles. The van der Waals surface area contributed by atoms with Gasteiger partial charge in [0.1, 0.15) is 5.75 Å². The van der Waals surface area contributed by atoms with E-state index in [4.69, 9.17) is 4.74 Å². The SMILES string of the molecule is O=C(Oc1ccc([S+](c2ccccc2)c2ccccc2)cc1)C12CC3CC(C1)C(C3)C2. The largest absolute Gasteiger partial charge is 0.426 e. The van der Waals surface area contributed by atoms with Crippen molar-refractivity contribution in [1.29, 1.82) is 0 Å². The zero-order chi connectivity index (χ0) is 20.8. The summed E-state index contributed by atoms with van der Waals surface area (Å²) in [6.07, 6.45) is 5.83. The van der Waals surface area contributed by atoms with Crippen molar-refractivity contribution >= 4 is 16.9 Å². The van der Waals surface area contributed by atoms with E-state index in [0.717, 1.165) is 37.0 Å². The van der Waals surface area contributed by atoms with Crippen molar-refractivity contribution in [3.63, 3.8) is 0 Å². The summed E-state index contributed by atoms with van der Waals surface area (Å²) in [6.45, 7) is 0. The van der Waals surface area contributed by atoms with Gasteiger partial charge in [0.15, 0.2) is 14.7 Å². The number of ether oxygens (including phenoxy) is 1. The number of hydrogen-bond acceptors (Lipinski definition) is 2. The molecule has 0 amide bonds. The highest BCUT2D eigenvalue weighted by Crippen LogP contribution is 2.64.